The lowest BCUT2D eigenvalue weighted by Crippen LogP contribution is -1.95. The van der Waals surface area contributed by atoms with E-state index in [9.17, 15) is 4.39 Å². The van der Waals surface area contributed by atoms with Crippen LogP contribution in [0.2, 0.25) is 0 Å². The molecule has 1 atom stereocenters. The Morgan fingerprint density at radius 3 is 2.60 bits per heavy atom. The highest BCUT2D eigenvalue weighted by molar-refractivity contribution is 7.07. The molecule has 1 aromatic carbocycles. The van der Waals surface area contributed by atoms with Gasteiger partial charge >= 0.3 is 0 Å². The van der Waals surface area contributed by atoms with Crippen molar-refractivity contribution in [1.82, 2.24) is 9.97 Å². The summed E-state index contributed by atoms with van der Waals surface area (Å²) in [6.45, 7) is 4.42. The van der Waals surface area contributed by atoms with Crippen molar-refractivity contribution in [3.05, 3.63) is 58.9 Å². The van der Waals surface area contributed by atoms with Crippen LogP contribution in [0.1, 0.15) is 31.9 Å². The van der Waals surface area contributed by atoms with Crippen LogP contribution < -0.4 is 0 Å². The van der Waals surface area contributed by atoms with Crippen LogP contribution in [0.25, 0.3) is 10.9 Å². The van der Waals surface area contributed by atoms with Gasteiger partial charge in [-0.3, -0.25) is 4.98 Å². The van der Waals surface area contributed by atoms with Gasteiger partial charge in [-0.05, 0) is 24.5 Å². The molecule has 0 N–H and O–H groups in total. The summed E-state index contributed by atoms with van der Waals surface area (Å²) in [6, 6.07) is 12.5. The molecule has 0 spiro atoms. The normalized spacial score (nSPS) is 11.8. The lowest BCUT2D eigenvalue weighted by Gasteiger charge is -2.08. The number of halogens is 1. The summed E-state index contributed by atoms with van der Waals surface area (Å²) in [7, 11) is 0. The molecule has 0 bridgehead atoms. The van der Waals surface area contributed by atoms with E-state index in [0.717, 1.165) is 23.3 Å². The second kappa shape index (κ2) is 7.10. The first-order valence-electron chi connectivity index (χ1n) is 6.61. The highest BCUT2D eigenvalue weighted by Gasteiger charge is 2.04. The standard InChI is InChI=1S/C13H15N.C3H2FNS/c1-3-10(2)12-9-8-11-6-4-5-7-13(11)14-12;4-3-5-1-2-6-3/h4-10H,3H2,1-2H3;1-2H. The Balaban J connectivity index is 0.000000205. The van der Waals surface area contributed by atoms with Crippen molar-refractivity contribution in [1.29, 1.82) is 0 Å². The van der Waals surface area contributed by atoms with Gasteiger partial charge in [-0.2, -0.15) is 4.39 Å². The second-order valence-electron chi connectivity index (χ2n) is 4.52. The van der Waals surface area contributed by atoms with E-state index in [2.05, 4.69) is 48.1 Å². The highest BCUT2D eigenvalue weighted by Crippen LogP contribution is 2.19. The number of hydrogen-bond donors (Lipinski definition) is 0. The average Bonchev–Trinajstić information content (AvgIpc) is 2.97. The van der Waals surface area contributed by atoms with Crippen LogP contribution in [0.15, 0.2) is 48.0 Å². The van der Waals surface area contributed by atoms with Crippen molar-refractivity contribution >= 4 is 22.2 Å². The number of aromatic nitrogens is 2. The molecule has 0 fully saturated rings. The van der Waals surface area contributed by atoms with Crippen molar-refractivity contribution in [3.63, 3.8) is 0 Å². The first-order valence-corrected chi connectivity index (χ1v) is 7.49. The van der Waals surface area contributed by atoms with E-state index in [1.807, 2.05) is 12.1 Å². The van der Waals surface area contributed by atoms with Gasteiger partial charge in [-0.1, -0.05) is 49.4 Å². The number of para-hydroxylation sites is 1. The zero-order chi connectivity index (χ0) is 14.4. The van der Waals surface area contributed by atoms with Crippen molar-refractivity contribution in [2.45, 2.75) is 26.2 Å². The van der Waals surface area contributed by atoms with Gasteiger partial charge in [-0.25, -0.2) is 4.98 Å². The van der Waals surface area contributed by atoms with Crippen LogP contribution in [0.3, 0.4) is 0 Å². The minimum absolute atomic E-state index is 0.366. The number of rotatable bonds is 2. The monoisotopic (exact) mass is 288 g/mol. The minimum atomic E-state index is -0.366. The van der Waals surface area contributed by atoms with Gasteiger partial charge in [0.2, 0.25) is 0 Å². The van der Waals surface area contributed by atoms with Gasteiger partial charge in [0.1, 0.15) is 0 Å². The van der Waals surface area contributed by atoms with Crippen LogP contribution >= 0.6 is 11.3 Å². The third kappa shape index (κ3) is 3.84. The van der Waals surface area contributed by atoms with Crippen LogP contribution in [-0.4, -0.2) is 9.97 Å². The molecule has 3 rings (SSSR count). The van der Waals surface area contributed by atoms with Crippen LogP contribution in [-0.2, 0) is 0 Å². The summed E-state index contributed by atoms with van der Waals surface area (Å²) in [5.74, 6) is 0.555. The third-order valence-corrected chi connectivity index (χ3v) is 3.70. The van der Waals surface area contributed by atoms with Gasteiger partial charge in [0.25, 0.3) is 5.26 Å². The van der Waals surface area contributed by atoms with E-state index in [1.165, 1.54) is 17.3 Å². The Bertz CT molecular complexity index is 652. The van der Waals surface area contributed by atoms with Crippen molar-refractivity contribution in [2.24, 2.45) is 0 Å². The average molecular weight is 288 g/mol. The van der Waals surface area contributed by atoms with Gasteiger partial charge in [0, 0.05) is 22.7 Å². The molecule has 3 aromatic rings. The molecule has 2 heterocycles. The summed E-state index contributed by atoms with van der Waals surface area (Å²) < 4.78 is 11.6. The lowest BCUT2D eigenvalue weighted by atomic mass is 10.0. The summed E-state index contributed by atoms with van der Waals surface area (Å²) in [6.07, 6.45) is 2.57. The summed E-state index contributed by atoms with van der Waals surface area (Å²) >= 11 is 1.000. The van der Waals surface area contributed by atoms with E-state index in [-0.39, 0.29) is 5.26 Å². The molecule has 20 heavy (non-hydrogen) atoms. The van der Waals surface area contributed by atoms with Crippen LogP contribution in [0.5, 0.6) is 0 Å². The number of benzene rings is 1. The number of nitrogens with zero attached hydrogens (tertiary/aromatic N) is 2. The van der Waals surface area contributed by atoms with E-state index >= 15 is 0 Å². The maximum Gasteiger partial charge on any atom is 0.268 e. The van der Waals surface area contributed by atoms with Gasteiger partial charge in [0.05, 0.1) is 5.52 Å². The predicted molar refractivity (Wildman–Crippen MR) is 82.5 cm³/mol. The molecule has 0 saturated carbocycles. The Kier molecular flexibility index (Phi) is 5.18. The zero-order valence-corrected chi connectivity index (χ0v) is 12.4. The maximum atomic E-state index is 11.6. The van der Waals surface area contributed by atoms with Gasteiger partial charge in [0.15, 0.2) is 0 Å². The predicted octanol–water partition coefficient (Wildman–Crippen LogP) is 5.03. The molecule has 0 aliphatic rings. The summed E-state index contributed by atoms with van der Waals surface area (Å²) in [5.41, 5.74) is 2.30. The van der Waals surface area contributed by atoms with Crippen LogP contribution in [0.4, 0.5) is 4.39 Å². The molecule has 104 valence electrons. The maximum absolute atomic E-state index is 11.6. The minimum Gasteiger partial charge on any atom is -0.253 e. The van der Waals surface area contributed by atoms with E-state index in [1.54, 1.807) is 5.38 Å². The Morgan fingerprint density at radius 1 is 1.20 bits per heavy atom. The summed E-state index contributed by atoms with van der Waals surface area (Å²) in [4.78, 5) is 7.91. The number of pyridine rings is 1. The second-order valence-corrected chi connectivity index (χ2v) is 5.37. The highest BCUT2D eigenvalue weighted by atomic mass is 32.1. The van der Waals surface area contributed by atoms with E-state index in [4.69, 9.17) is 0 Å². The molecular weight excluding hydrogens is 271 g/mol. The molecule has 2 aromatic heterocycles. The lowest BCUT2D eigenvalue weighted by molar-refractivity contribution is 0.617. The first-order chi connectivity index (χ1) is 9.70. The van der Waals surface area contributed by atoms with E-state index in [0.29, 0.717) is 5.92 Å². The van der Waals surface area contributed by atoms with Crippen molar-refractivity contribution in [2.75, 3.05) is 0 Å². The third-order valence-electron chi connectivity index (χ3n) is 3.14. The van der Waals surface area contributed by atoms with Crippen LogP contribution in [0, 0.1) is 5.26 Å². The zero-order valence-electron chi connectivity index (χ0n) is 11.6. The topological polar surface area (TPSA) is 25.8 Å². The quantitative estimate of drug-likeness (QED) is 0.661. The molecular formula is C16H17FN2S. The SMILES string of the molecule is CCC(C)c1ccc2ccccc2n1.Fc1nccs1. The molecule has 0 aliphatic carbocycles. The first kappa shape index (κ1) is 14.6. The molecule has 0 amide bonds. The fraction of sp³-hybridized carbons (Fsp3) is 0.250. The largest absolute Gasteiger partial charge is 0.268 e. The molecule has 2 nitrogen and oxygen atoms in total. The Hall–Kier alpha value is -1.81. The Morgan fingerprint density at radius 2 is 2.00 bits per heavy atom. The van der Waals surface area contributed by atoms with Gasteiger partial charge < -0.3 is 0 Å². The van der Waals surface area contributed by atoms with Crippen molar-refractivity contribution < 1.29 is 4.39 Å². The molecule has 0 radical (unpaired) electrons. The molecule has 0 saturated heterocycles. The van der Waals surface area contributed by atoms with Crippen molar-refractivity contribution in [3.8, 4) is 0 Å². The molecule has 1 unspecified atom stereocenters. The summed E-state index contributed by atoms with van der Waals surface area (Å²) in [5, 5.41) is 2.45. The number of fused-ring (bicyclic) bond motifs is 1. The smallest absolute Gasteiger partial charge is 0.253 e. The van der Waals surface area contributed by atoms with Gasteiger partial charge in [-0.15, -0.1) is 0 Å². The Labute approximate surface area is 122 Å². The fourth-order valence-electron chi connectivity index (χ4n) is 1.77. The molecule has 0 aliphatic heterocycles. The number of hydrogen-bond acceptors (Lipinski definition) is 3. The fourth-order valence-corrected chi connectivity index (χ4v) is 2.13. The number of thiazole rings is 1. The molecule has 4 heteroatoms. The van der Waals surface area contributed by atoms with E-state index < -0.39 is 0 Å².